The maximum absolute atomic E-state index is 11.8. The number of ether oxygens (including phenoxy) is 1. The predicted molar refractivity (Wildman–Crippen MR) is 87.4 cm³/mol. The van der Waals surface area contributed by atoms with E-state index in [1.807, 2.05) is 18.2 Å². The molecule has 0 saturated carbocycles. The number of aliphatic hydroxyl groups is 1. The van der Waals surface area contributed by atoms with Crippen LogP contribution in [0.3, 0.4) is 0 Å². The van der Waals surface area contributed by atoms with Gasteiger partial charge in [0, 0.05) is 31.1 Å². The molecule has 1 aliphatic rings. The molecule has 5 heteroatoms. The van der Waals surface area contributed by atoms with Crippen molar-refractivity contribution < 1.29 is 14.6 Å². The van der Waals surface area contributed by atoms with Gasteiger partial charge in [0.1, 0.15) is 18.5 Å². The topological polar surface area (TPSA) is 61.8 Å². The summed E-state index contributed by atoms with van der Waals surface area (Å²) in [5, 5.41) is 13.3. The third-order valence-electron chi connectivity index (χ3n) is 3.73. The number of hydrogen-bond acceptors (Lipinski definition) is 4. The van der Waals surface area contributed by atoms with Crippen LogP contribution < -0.4 is 15.0 Å². The van der Waals surface area contributed by atoms with Crippen molar-refractivity contribution in [3.8, 4) is 5.75 Å². The number of anilines is 1. The molecule has 1 aromatic carbocycles. The molecule has 22 heavy (non-hydrogen) atoms. The number of carbonyl (C=O) groups excluding carboxylic acids is 1. The fourth-order valence-corrected chi connectivity index (χ4v) is 2.46. The van der Waals surface area contributed by atoms with Crippen molar-refractivity contribution in [1.82, 2.24) is 5.32 Å². The van der Waals surface area contributed by atoms with E-state index in [1.165, 1.54) is 0 Å². The lowest BCUT2D eigenvalue weighted by molar-refractivity contribution is -0.118. The predicted octanol–water partition coefficient (Wildman–Crippen LogP) is 1.72. The molecule has 0 bridgehead atoms. The molecule has 1 atom stereocenters. The third-order valence-corrected chi connectivity index (χ3v) is 3.73. The van der Waals surface area contributed by atoms with E-state index in [2.05, 4.69) is 26.1 Å². The molecule has 1 aromatic rings. The summed E-state index contributed by atoms with van der Waals surface area (Å²) in [6, 6.07) is 5.70. The molecule has 0 spiro atoms. The molecule has 1 amide bonds. The lowest BCUT2D eigenvalue weighted by atomic mass is 10.0. The number of amides is 1. The molecule has 0 aliphatic carbocycles. The Morgan fingerprint density at radius 2 is 2.09 bits per heavy atom. The molecule has 1 aliphatic heterocycles. The first-order valence-electron chi connectivity index (χ1n) is 7.72. The highest BCUT2D eigenvalue weighted by molar-refractivity contribution is 5.96. The fraction of sp³-hybridized carbons (Fsp3) is 0.588. The second-order valence-electron chi connectivity index (χ2n) is 6.80. The number of nitrogens with zero attached hydrogens (tertiary/aromatic N) is 1. The van der Waals surface area contributed by atoms with Gasteiger partial charge >= 0.3 is 0 Å². The van der Waals surface area contributed by atoms with E-state index >= 15 is 0 Å². The van der Waals surface area contributed by atoms with Crippen LogP contribution >= 0.6 is 0 Å². The Morgan fingerprint density at radius 3 is 2.77 bits per heavy atom. The first-order chi connectivity index (χ1) is 10.3. The number of fused-ring (bicyclic) bond motifs is 1. The molecule has 0 aromatic heterocycles. The Bertz CT molecular complexity index is 537. The van der Waals surface area contributed by atoms with Crippen molar-refractivity contribution in [2.75, 3.05) is 25.1 Å². The summed E-state index contributed by atoms with van der Waals surface area (Å²) < 4.78 is 5.79. The van der Waals surface area contributed by atoms with E-state index in [0.29, 0.717) is 19.4 Å². The first-order valence-corrected chi connectivity index (χ1v) is 7.72. The summed E-state index contributed by atoms with van der Waals surface area (Å²) in [6.07, 6.45) is 0.612. The minimum Gasteiger partial charge on any atom is -0.490 e. The molecule has 1 unspecified atom stereocenters. The highest BCUT2D eigenvalue weighted by atomic mass is 16.5. The van der Waals surface area contributed by atoms with Crippen LogP contribution in [0.2, 0.25) is 0 Å². The minimum atomic E-state index is -0.571. The summed E-state index contributed by atoms with van der Waals surface area (Å²) in [5.74, 6) is 0.880. The molecule has 5 nitrogen and oxygen atoms in total. The largest absolute Gasteiger partial charge is 0.490 e. The van der Waals surface area contributed by atoms with Gasteiger partial charge in [-0.25, -0.2) is 0 Å². The zero-order chi connectivity index (χ0) is 16.3. The zero-order valence-corrected chi connectivity index (χ0v) is 13.8. The van der Waals surface area contributed by atoms with Crippen LogP contribution in [-0.4, -0.2) is 42.9 Å². The standard InChI is InChI=1S/C17H26N2O3/c1-17(2,3)18-10-12(20)11-22-15-7-5-6-14-13(15)8-9-16(21)19(14)4/h5-7,12,18,20H,8-11H2,1-4H3. The van der Waals surface area contributed by atoms with Gasteiger partial charge in [-0.05, 0) is 39.3 Å². The number of carbonyl (C=O) groups is 1. The molecule has 2 N–H and O–H groups in total. The Hall–Kier alpha value is -1.59. The molecule has 1 heterocycles. The van der Waals surface area contributed by atoms with Gasteiger partial charge in [0.15, 0.2) is 0 Å². The number of rotatable bonds is 5. The summed E-state index contributed by atoms with van der Waals surface area (Å²) in [4.78, 5) is 13.4. The van der Waals surface area contributed by atoms with Crippen LogP contribution in [-0.2, 0) is 11.2 Å². The number of aliphatic hydroxyl groups excluding tert-OH is 1. The van der Waals surface area contributed by atoms with Crippen molar-refractivity contribution in [2.45, 2.75) is 45.3 Å². The normalized spacial score (nSPS) is 16.4. The van der Waals surface area contributed by atoms with Crippen molar-refractivity contribution >= 4 is 11.6 Å². The molecule has 122 valence electrons. The van der Waals surface area contributed by atoms with Gasteiger partial charge in [0.2, 0.25) is 5.91 Å². The van der Waals surface area contributed by atoms with Crippen molar-refractivity contribution in [3.05, 3.63) is 23.8 Å². The van der Waals surface area contributed by atoms with Gasteiger partial charge in [0.25, 0.3) is 0 Å². The van der Waals surface area contributed by atoms with Crippen LogP contribution in [0, 0.1) is 0 Å². The van der Waals surface area contributed by atoms with Crippen molar-refractivity contribution in [2.24, 2.45) is 0 Å². The monoisotopic (exact) mass is 306 g/mol. The average Bonchev–Trinajstić information content (AvgIpc) is 2.46. The van der Waals surface area contributed by atoms with Gasteiger partial charge in [-0.2, -0.15) is 0 Å². The number of hydrogen-bond donors (Lipinski definition) is 2. The molecular weight excluding hydrogens is 280 g/mol. The highest BCUT2D eigenvalue weighted by Crippen LogP contribution is 2.33. The smallest absolute Gasteiger partial charge is 0.227 e. The van der Waals surface area contributed by atoms with E-state index in [1.54, 1.807) is 11.9 Å². The molecule has 0 saturated heterocycles. The summed E-state index contributed by atoms with van der Waals surface area (Å²) in [6.45, 7) is 6.89. The number of nitrogens with one attached hydrogen (secondary N) is 1. The van der Waals surface area contributed by atoms with Gasteiger partial charge in [-0.3, -0.25) is 4.79 Å². The maximum Gasteiger partial charge on any atom is 0.227 e. The van der Waals surface area contributed by atoms with Gasteiger partial charge < -0.3 is 20.1 Å². The lowest BCUT2D eigenvalue weighted by Crippen LogP contribution is -2.42. The Kier molecular flexibility index (Phi) is 5.08. The van der Waals surface area contributed by atoms with Gasteiger partial charge in [-0.15, -0.1) is 0 Å². The van der Waals surface area contributed by atoms with Gasteiger partial charge in [0.05, 0.1) is 5.69 Å². The van der Waals surface area contributed by atoms with Crippen LogP contribution in [0.1, 0.15) is 32.8 Å². The van der Waals surface area contributed by atoms with Gasteiger partial charge in [-0.1, -0.05) is 6.07 Å². The molecule has 0 fully saturated rings. The van der Waals surface area contributed by atoms with Crippen LogP contribution in [0.4, 0.5) is 5.69 Å². The van der Waals surface area contributed by atoms with E-state index in [4.69, 9.17) is 4.74 Å². The van der Waals surface area contributed by atoms with Crippen molar-refractivity contribution in [1.29, 1.82) is 0 Å². The summed E-state index contributed by atoms with van der Waals surface area (Å²) in [7, 11) is 1.78. The Balaban J connectivity index is 1.98. The third kappa shape index (κ3) is 4.21. The quantitative estimate of drug-likeness (QED) is 0.869. The minimum absolute atomic E-state index is 0.0318. The highest BCUT2D eigenvalue weighted by Gasteiger charge is 2.23. The average molecular weight is 306 g/mol. The van der Waals surface area contributed by atoms with E-state index in [0.717, 1.165) is 17.0 Å². The molecule has 2 rings (SSSR count). The van der Waals surface area contributed by atoms with Crippen molar-refractivity contribution in [3.63, 3.8) is 0 Å². The second-order valence-corrected chi connectivity index (χ2v) is 6.80. The van der Waals surface area contributed by atoms with Crippen LogP contribution in [0.5, 0.6) is 5.75 Å². The first kappa shape index (κ1) is 16.8. The number of benzene rings is 1. The molecular formula is C17H26N2O3. The second kappa shape index (κ2) is 6.67. The van der Waals surface area contributed by atoms with Crippen LogP contribution in [0.25, 0.3) is 0 Å². The maximum atomic E-state index is 11.8. The Morgan fingerprint density at radius 1 is 1.36 bits per heavy atom. The SMILES string of the molecule is CN1C(=O)CCc2c(OCC(O)CNC(C)(C)C)cccc21. The molecule has 0 radical (unpaired) electrons. The number of β-amino-alcohol motifs (C(OH)–C–C–N with tert-alkyl or cyclic N) is 1. The van der Waals surface area contributed by atoms with E-state index in [-0.39, 0.29) is 18.1 Å². The summed E-state index contributed by atoms with van der Waals surface area (Å²) in [5.41, 5.74) is 1.91. The van der Waals surface area contributed by atoms with E-state index < -0.39 is 6.10 Å². The Labute approximate surface area is 132 Å². The fourth-order valence-electron chi connectivity index (χ4n) is 2.46. The summed E-state index contributed by atoms with van der Waals surface area (Å²) >= 11 is 0. The zero-order valence-electron chi connectivity index (χ0n) is 13.8. The van der Waals surface area contributed by atoms with E-state index in [9.17, 15) is 9.90 Å². The van der Waals surface area contributed by atoms with Crippen LogP contribution in [0.15, 0.2) is 18.2 Å². The lowest BCUT2D eigenvalue weighted by Gasteiger charge is -2.28.